The predicted molar refractivity (Wildman–Crippen MR) is 99.9 cm³/mol. The quantitative estimate of drug-likeness (QED) is 0.700. The zero-order valence-electron chi connectivity index (χ0n) is 14.6. The third-order valence-corrected chi connectivity index (χ3v) is 4.64. The number of hydrogen-bond donors (Lipinski definition) is 0. The number of rotatable bonds is 7. The summed E-state index contributed by atoms with van der Waals surface area (Å²) >= 11 is 3.51. The molecule has 0 N–H and O–H groups in total. The minimum absolute atomic E-state index is 0.0224. The highest BCUT2D eigenvalue weighted by molar-refractivity contribution is 9.10. The van der Waals surface area contributed by atoms with Gasteiger partial charge in [0.15, 0.2) is 11.6 Å². The third kappa shape index (κ3) is 5.54. The van der Waals surface area contributed by atoms with Crippen molar-refractivity contribution in [2.75, 3.05) is 27.7 Å². The minimum Gasteiger partial charge on any atom is -0.494 e. The lowest BCUT2D eigenvalue weighted by atomic mass is 10.2. The lowest BCUT2D eigenvalue weighted by Crippen LogP contribution is -2.36. The molecule has 0 aliphatic heterocycles. The summed E-state index contributed by atoms with van der Waals surface area (Å²) in [5, 5.41) is 0. The van der Waals surface area contributed by atoms with Crippen LogP contribution in [0.3, 0.4) is 0 Å². The van der Waals surface area contributed by atoms with Crippen LogP contribution in [0.25, 0.3) is 0 Å². The molecule has 2 rings (SSSR count). The van der Waals surface area contributed by atoms with Crippen molar-refractivity contribution in [3.05, 3.63) is 63.9 Å². The van der Waals surface area contributed by atoms with Gasteiger partial charge >= 0.3 is 0 Å². The summed E-state index contributed by atoms with van der Waals surface area (Å²) in [7, 11) is 5.05. The van der Waals surface area contributed by atoms with Crippen LogP contribution in [0.5, 0.6) is 5.75 Å². The van der Waals surface area contributed by atoms with Crippen LogP contribution >= 0.6 is 15.9 Å². The van der Waals surface area contributed by atoms with Crippen LogP contribution in [0.15, 0.2) is 46.9 Å². The Labute approximate surface area is 156 Å². The van der Waals surface area contributed by atoms with Crippen molar-refractivity contribution >= 4 is 21.8 Å². The molecule has 134 valence electrons. The van der Waals surface area contributed by atoms with E-state index in [1.807, 2.05) is 36.2 Å². The van der Waals surface area contributed by atoms with Crippen molar-refractivity contribution in [1.82, 2.24) is 9.80 Å². The molecule has 2 aromatic carbocycles. The van der Waals surface area contributed by atoms with Gasteiger partial charge < -0.3 is 9.64 Å². The summed E-state index contributed by atoms with van der Waals surface area (Å²) in [6.45, 7) is 1.30. The fourth-order valence-corrected chi connectivity index (χ4v) is 2.91. The second-order valence-electron chi connectivity index (χ2n) is 5.98. The average Bonchev–Trinajstić information content (AvgIpc) is 2.57. The second-order valence-corrected chi connectivity index (χ2v) is 6.84. The van der Waals surface area contributed by atoms with E-state index in [0.717, 1.165) is 15.6 Å². The molecule has 1 amide bonds. The first kappa shape index (κ1) is 19.4. The monoisotopic (exact) mass is 408 g/mol. The summed E-state index contributed by atoms with van der Waals surface area (Å²) in [4.78, 5) is 15.9. The first-order valence-electron chi connectivity index (χ1n) is 7.89. The van der Waals surface area contributed by atoms with Gasteiger partial charge in [0.25, 0.3) is 0 Å². The standard InChI is InChI=1S/C19H22BrFN2O2/c1-22(12-15-6-4-5-7-16(15)20)13-19(24)23(2)11-14-8-9-18(25-3)17(21)10-14/h4-10H,11-13H2,1-3H3. The molecule has 0 aromatic heterocycles. The van der Waals surface area contributed by atoms with Gasteiger partial charge in [0.05, 0.1) is 13.7 Å². The van der Waals surface area contributed by atoms with Gasteiger partial charge in [-0.25, -0.2) is 4.39 Å². The molecule has 0 aliphatic rings. The van der Waals surface area contributed by atoms with Crippen LogP contribution in [0.4, 0.5) is 4.39 Å². The van der Waals surface area contributed by atoms with Crippen molar-refractivity contribution in [1.29, 1.82) is 0 Å². The fraction of sp³-hybridized carbons (Fsp3) is 0.316. The van der Waals surface area contributed by atoms with Crippen LogP contribution in [0, 0.1) is 5.82 Å². The number of halogens is 2. The van der Waals surface area contributed by atoms with Gasteiger partial charge in [0.1, 0.15) is 0 Å². The summed E-state index contributed by atoms with van der Waals surface area (Å²) in [5.41, 5.74) is 1.85. The Bertz CT molecular complexity index is 739. The number of methoxy groups -OCH3 is 1. The Hall–Kier alpha value is -1.92. The van der Waals surface area contributed by atoms with Crippen molar-refractivity contribution < 1.29 is 13.9 Å². The zero-order valence-corrected chi connectivity index (χ0v) is 16.2. The van der Waals surface area contributed by atoms with E-state index in [0.29, 0.717) is 13.1 Å². The van der Waals surface area contributed by atoms with Crippen LogP contribution in [0.1, 0.15) is 11.1 Å². The molecule has 2 aromatic rings. The van der Waals surface area contributed by atoms with Gasteiger partial charge in [-0.15, -0.1) is 0 Å². The summed E-state index contributed by atoms with van der Waals surface area (Å²) in [6, 6.07) is 12.7. The van der Waals surface area contributed by atoms with Crippen molar-refractivity contribution in [3.8, 4) is 5.75 Å². The van der Waals surface area contributed by atoms with E-state index in [9.17, 15) is 9.18 Å². The maximum Gasteiger partial charge on any atom is 0.236 e. The molecule has 0 bridgehead atoms. The van der Waals surface area contributed by atoms with E-state index in [1.54, 1.807) is 24.1 Å². The first-order chi connectivity index (χ1) is 11.9. The molecule has 4 nitrogen and oxygen atoms in total. The Kier molecular flexibility index (Phi) is 6.96. The zero-order chi connectivity index (χ0) is 18.4. The number of ether oxygens (including phenoxy) is 1. The van der Waals surface area contributed by atoms with E-state index in [1.165, 1.54) is 13.2 Å². The third-order valence-electron chi connectivity index (χ3n) is 3.86. The molecular weight excluding hydrogens is 387 g/mol. The first-order valence-corrected chi connectivity index (χ1v) is 8.68. The Morgan fingerprint density at radius 1 is 1.16 bits per heavy atom. The molecule has 0 atom stereocenters. The van der Waals surface area contributed by atoms with Gasteiger partial charge in [-0.2, -0.15) is 0 Å². The van der Waals surface area contributed by atoms with Crippen molar-refractivity contribution in [2.45, 2.75) is 13.1 Å². The van der Waals surface area contributed by atoms with Gasteiger partial charge in [-0.1, -0.05) is 40.2 Å². The number of hydrogen-bond acceptors (Lipinski definition) is 3. The summed E-state index contributed by atoms with van der Waals surface area (Å²) in [6.07, 6.45) is 0. The average molecular weight is 409 g/mol. The predicted octanol–water partition coefficient (Wildman–Crippen LogP) is 3.69. The van der Waals surface area contributed by atoms with Crippen LogP contribution in [0.2, 0.25) is 0 Å². The van der Waals surface area contributed by atoms with Crippen LogP contribution in [-0.2, 0) is 17.9 Å². The van der Waals surface area contributed by atoms with E-state index in [2.05, 4.69) is 15.9 Å². The number of benzene rings is 2. The molecule has 0 saturated carbocycles. The second kappa shape index (κ2) is 8.97. The molecule has 0 unspecified atom stereocenters. The van der Waals surface area contributed by atoms with Gasteiger partial charge in [-0.05, 0) is 36.4 Å². The van der Waals surface area contributed by atoms with Gasteiger partial charge in [0.2, 0.25) is 5.91 Å². The fourth-order valence-electron chi connectivity index (χ4n) is 2.50. The highest BCUT2D eigenvalue weighted by Crippen LogP contribution is 2.19. The highest BCUT2D eigenvalue weighted by atomic mass is 79.9. The number of carbonyl (C=O) groups is 1. The summed E-state index contributed by atoms with van der Waals surface area (Å²) < 4.78 is 19.7. The SMILES string of the molecule is COc1ccc(CN(C)C(=O)CN(C)Cc2ccccc2Br)cc1F. The van der Waals surface area contributed by atoms with E-state index in [4.69, 9.17) is 4.74 Å². The maximum absolute atomic E-state index is 13.8. The van der Waals surface area contributed by atoms with Crippen LogP contribution < -0.4 is 4.74 Å². The molecule has 0 spiro atoms. The minimum atomic E-state index is -0.424. The molecule has 0 heterocycles. The van der Waals surface area contributed by atoms with Crippen LogP contribution in [-0.4, -0.2) is 43.5 Å². The molecule has 0 aliphatic carbocycles. The van der Waals surface area contributed by atoms with Crippen molar-refractivity contribution in [3.63, 3.8) is 0 Å². The van der Waals surface area contributed by atoms with E-state index in [-0.39, 0.29) is 18.2 Å². The number of carbonyl (C=O) groups excluding carboxylic acids is 1. The molecule has 25 heavy (non-hydrogen) atoms. The molecular formula is C19H22BrFN2O2. The summed E-state index contributed by atoms with van der Waals surface area (Å²) in [5.74, 6) is -0.247. The Balaban J connectivity index is 1.91. The topological polar surface area (TPSA) is 32.8 Å². The number of amides is 1. The van der Waals surface area contributed by atoms with E-state index >= 15 is 0 Å². The van der Waals surface area contributed by atoms with Gasteiger partial charge in [0, 0.05) is 24.6 Å². The van der Waals surface area contributed by atoms with Gasteiger partial charge in [-0.3, -0.25) is 9.69 Å². The molecule has 6 heteroatoms. The normalized spacial score (nSPS) is 10.8. The lowest BCUT2D eigenvalue weighted by molar-refractivity contribution is -0.131. The molecule has 0 fully saturated rings. The maximum atomic E-state index is 13.8. The lowest BCUT2D eigenvalue weighted by Gasteiger charge is -2.22. The number of nitrogens with zero attached hydrogens (tertiary/aromatic N) is 2. The molecule has 0 radical (unpaired) electrons. The van der Waals surface area contributed by atoms with E-state index < -0.39 is 5.82 Å². The Morgan fingerprint density at radius 2 is 1.88 bits per heavy atom. The largest absolute Gasteiger partial charge is 0.494 e. The highest BCUT2D eigenvalue weighted by Gasteiger charge is 2.14. The van der Waals surface area contributed by atoms with Crippen molar-refractivity contribution in [2.24, 2.45) is 0 Å². The molecule has 0 saturated heterocycles. The Morgan fingerprint density at radius 3 is 2.52 bits per heavy atom. The smallest absolute Gasteiger partial charge is 0.236 e. The number of likely N-dealkylation sites (N-methyl/N-ethyl adjacent to an activating group) is 2.